The summed E-state index contributed by atoms with van der Waals surface area (Å²) in [6, 6.07) is 7.80. The third kappa shape index (κ3) is 5.12. The van der Waals surface area contributed by atoms with Crippen LogP contribution in [0.4, 0.5) is 5.69 Å². The number of benzene rings is 1. The summed E-state index contributed by atoms with van der Waals surface area (Å²) in [5, 5.41) is 0. The fourth-order valence-corrected chi connectivity index (χ4v) is 3.70. The Kier molecular flexibility index (Phi) is 7.38. The number of anilines is 1. The van der Waals surface area contributed by atoms with Crippen molar-refractivity contribution in [2.45, 2.75) is 63.6 Å². The molecule has 2 aliphatic rings. The smallest absolute Gasteiger partial charge is 0.222 e. The van der Waals surface area contributed by atoms with Gasteiger partial charge in [0, 0.05) is 25.2 Å². The number of carbonyl (C=O) groups is 1. The van der Waals surface area contributed by atoms with Gasteiger partial charge in [-0.1, -0.05) is 31.0 Å². The van der Waals surface area contributed by atoms with E-state index in [4.69, 9.17) is 10.5 Å². The Hall–Kier alpha value is -1.26. The molecular formula is C19H29ClN2O2. The molecule has 4 nitrogen and oxygen atoms in total. The van der Waals surface area contributed by atoms with Crippen LogP contribution in [-0.2, 0) is 16.0 Å². The van der Waals surface area contributed by atoms with E-state index in [0.717, 1.165) is 43.6 Å². The zero-order valence-electron chi connectivity index (χ0n) is 14.3. The molecule has 0 bridgehead atoms. The highest BCUT2D eigenvalue weighted by atomic mass is 35.5. The predicted octanol–water partition coefficient (Wildman–Crippen LogP) is 3.57. The van der Waals surface area contributed by atoms with Crippen molar-refractivity contribution in [3.05, 3.63) is 29.8 Å². The van der Waals surface area contributed by atoms with Crippen LogP contribution < -0.4 is 5.73 Å². The number of aryl methyl sites for hydroxylation is 1. The molecular weight excluding hydrogens is 324 g/mol. The molecule has 0 radical (unpaired) electrons. The Morgan fingerprint density at radius 1 is 1.08 bits per heavy atom. The van der Waals surface area contributed by atoms with Gasteiger partial charge in [-0.15, -0.1) is 12.4 Å². The first-order valence-corrected chi connectivity index (χ1v) is 8.99. The summed E-state index contributed by atoms with van der Waals surface area (Å²) in [7, 11) is 0. The van der Waals surface area contributed by atoms with Gasteiger partial charge in [0.1, 0.15) is 0 Å². The lowest BCUT2D eigenvalue weighted by atomic mass is 10.0. The molecule has 5 heteroatoms. The van der Waals surface area contributed by atoms with Crippen molar-refractivity contribution in [2.24, 2.45) is 0 Å². The van der Waals surface area contributed by atoms with Gasteiger partial charge < -0.3 is 15.4 Å². The number of likely N-dealkylation sites (tertiary alicyclic amines) is 1. The zero-order chi connectivity index (χ0) is 16.1. The largest absolute Gasteiger partial charge is 0.399 e. The van der Waals surface area contributed by atoms with Gasteiger partial charge in [-0.2, -0.15) is 0 Å². The minimum Gasteiger partial charge on any atom is -0.399 e. The lowest BCUT2D eigenvalue weighted by Gasteiger charge is -2.33. The van der Waals surface area contributed by atoms with Gasteiger partial charge in [0.05, 0.1) is 12.2 Å². The number of para-hydroxylation sites is 1. The Labute approximate surface area is 151 Å². The maximum absolute atomic E-state index is 12.4. The quantitative estimate of drug-likeness (QED) is 0.824. The summed E-state index contributed by atoms with van der Waals surface area (Å²) in [5.41, 5.74) is 7.79. The highest BCUT2D eigenvalue weighted by Gasteiger charge is 2.26. The first-order valence-electron chi connectivity index (χ1n) is 8.99. The molecule has 1 aromatic rings. The van der Waals surface area contributed by atoms with Crippen molar-refractivity contribution >= 4 is 24.0 Å². The van der Waals surface area contributed by atoms with Gasteiger partial charge in [-0.25, -0.2) is 0 Å². The minimum atomic E-state index is 0. The SMILES string of the molecule is Cl.Nc1ccccc1CCC(=O)N1CCC(OC2CCCC2)CC1. The zero-order valence-corrected chi connectivity index (χ0v) is 15.1. The Balaban J connectivity index is 0.00000208. The van der Waals surface area contributed by atoms with Crippen LogP contribution in [-0.4, -0.2) is 36.1 Å². The molecule has 1 aromatic carbocycles. The average molecular weight is 353 g/mol. The maximum Gasteiger partial charge on any atom is 0.222 e. The normalized spacial score (nSPS) is 19.2. The molecule has 1 aliphatic heterocycles. The highest BCUT2D eigenvalue weighted by Crippen LogP contribution is 2.25. The number of ether oxygens (including phenoxy) is 1. The number of nitrogens with two attached hydrogens (primary N) is 1. The summed E-state index contributed by atoms with van der Waals surface area (Å²) in [6.07, 6.45) is 9.12. The second kappa shape index (κ2) is 9.28. The first-order chi connectivity index (χ1) is 11.2. The summed E-state index contributed by atoms with van der Waals surface area (Å²) in [4.78, 5) is 14.4. The molecule has 1 saturated heterocycles. The molecule has 0 atom stereocenters. The molecule has 1 heterocycles. The van der Waals surface area contributed by atoms with Gasteiger partial charge in [0.15, 0.2) is 0 Å². The van der Waals surface area contributed by atoms with Crippen LogP contribution in [0.15, 0.2) is 24.3 Å². The molecule has 24 heavy (non-hydrogen) atoms. The molecule has 1 aliphatic carbocycles. The maximum atomic E-state index is 12.4. The van der Waals surface area contributed by atoms with Gasteiger partial charge in [-0.3, -0.25) is 4.79 Å². The van der Waals surface area contributed by atoms with Crippen molar-refractivity contribution in [1.82, 2.24) is 4.90 Å². The fourth-order valence-electron chi connectivity index (χ4n) is 3.70. The van der Waals surface area contributed by atoms with Crippen LogP contribution in [0.2, 0.25) is 0 Å². The van der Waals surface area contributed by atoms with E-state index in [-0.39, 0.29) is 18.3 Å². The molecule has 0 unspecified atom stereocenters. The third-order valence-electron chi connectivity index (χ3n) is 5.15. The van der Waals surface area contributed by atoms with Gasteiger partial charge in [0.25, 0.3) is 0 Å². The van der Waals surface area contributed by atoms with Crippen LogP contribution in [0.25, 0.3) is 0 Å². The Morgan fingerprint density at radius 3 is 2.38 bits per heavy atom. The predicted molar refractivity (Wildman–Crippen MR) is 99.4 cm³/mol. The lowest BCUT2D eigenvalue weighted by molar-refractivity contribution is -0.134. The van der Waals surface area contributed by atoms with Crippen molar-refractivity contribution in [2.75, 3.05) is 18.8 Å². The molecule has 134 valence electrons. The number of carbonyl (C=O) groups excluding carboxylic acids is 1. The Morgan fingerprint density at radius 2 is 1.71 bits per heavy atom. The van der Waals surface area contributed by atoms with Crippen LogP contribution in [0, 0.1) is 0 Å². The van der Waals surface area contributed by atoms with Gasteiger partial charge >= 0.3 is 0 Å². The summed E-state index contributed by atoms with van der Waals surface area (Å²) in [6.45, 7) is 1.67. The van der Waals surface area contributed by atoms with Gasteiger partial charge in [-0.05, 0) is 43.7 Å². The average Bonchev–Trinajstić information content (AvgIpc) is 3.07. The molecule has 0 aromatic heterocycles. The number of rotatable bonds is 5. The minimum absolute atomic E-state index is 0. The van der Waals surface area contributed by atoms with Crippen LogP contribution in [0.1, 0.15) is 50.5 Å². The monoisotopic (exact) mass is 352 g/mol. The Bertz CT molecular complexity index is 524. The second-order valence-electron chi connectivity index (χ2n) is 6.82. The number of hydrogen-bond donors (Lipinski definition) is 1. The molecule has 3 rings (SSSR count). The van der Waals surface area contributed by atoms with Crippen LogP contribution >= 0.6 is 12.4 Å². The van der Waals surface area contributed by atoms with Crippen molar-refractivity contribution in [3.8, 4) is 0 Å². The van der Waals surface area contributed by atoms with E-state index < -0.39 is 0 Å². The van der Waals surface area contributed by atoms with E-state index in [9.17, 15) is 4.79 Å². The van der Waals surface area contributed by atoms with E-state index in [2.05, 4.69) is 0 Å². The summed E-state index contributed by atoms with van der Waals surface area (Å²) in [5.74, 6) is 0.243. The van der Waals surface area contributed by atoms with E-state index in [1.165, 1.54) is 25.7 Å². The van der Waals surface area contributed by atoms with E-state index >= 15 is 0 Å². The van der Waals surface area contributed by atoms with Gasteiger partial charge in [0.2, 0.25) is 5.91 Å². The molecule has 1 amide bonds. The molecule has 2 fully saturated rings. The topological polar surface area (TPSA) is 55.6 Å². The van der Waals surface area contributed by atoms with Crippen molar-refractivity contribution < 1.29 is 9.53 Å². The second-order valence-corrected chi connectivity index (χ2v) is 6.82. The number of halogens is 1. The van der Waals surface area contributed by atoms with Crippen molar-refractivity contribution in [1.29, 1.82) is 0 Å². The fraction of sp³-hybridized carbons (Fsp3) is 0.632. The van der Waals surface area contributed by atoms with Crippen molar-refractivity contribution in [3.63, 3.8) is 0 Å². The first kappa shape index (κ1) is 19.1. The molecule has 2 N–H and O–H groups in total. The summed E-state index contributed by atoms with van der Waals surface area (Å²) >= 11 is 0. The van der Waals surface area contributed by atoms with E-state index in [1.54, 1.807) is 0 Å². The molecule has 0 spiro atoms. The number of piperidine rings is 1. The van der Waals surface area contributed by atoms with Crippen LogP contribution in [0.3, 0.4) is 0 Å². The lowest BCUT2D eigenvalue weighted by Crippen LogP contribution is -2.41. The number of nitrogen functional groups attached to an aromatic ring is 1. The number of amides is 1. The standard InChI is InChI=1S/C19H28N2O2.ClH/c20-18-8-4-1-5-15(18)9-10-19(22)21-13-11-17(12-14-21)23-16-6-2-3-7-16;/h1,4-5,8,16-17H,2-3,6-7,9-14,20H2;1H. The number of hydrogen-bond acceptors (Lipinski definition) is 3. The van der Waals surface area contributed by atoms with Crippen LogP contribution in [0.5, 0.6) is 0 Å². The van der Waals surface area contributed by atoms with E-state index in [0.29, 0.717) is 18.6 Å². The third-order valence-corrected chi connectivity index (χ3v) is 5.15. The molecule has 1 saturated carbocycles. The number of nitrogens with zero attached hydrogens (tertiary/aromatic N) is 1. The highest BCUT2D eigenvalue weighted by molar-refractivity contribution is 5.85. The summed E-state index contributed by atoms with van der Waals surface area (Å²) < 4.78 is 6.17. The van der Waals surface area contributed by atoms with E-state index in [1.807, 2.05) is 29.2 Å².